The van der Waals surface area contributed by atoms with Gasteiger partial charge in [0.25, 0.3) is 10.0 Å². The lowest BCUT2D eigenvalue weighted by Gasteiger charge is -2.36. The van der Waals surface area contributed by atoms with Crippen molar-refractivity contribution in [3.8, 4) is 0 Å². The number of hydrogen-bond donors (Lipinski definition) is 0. The van der Waals surface area contributed by atoms with Crippen molar-refractivity contribution in [3.63, 3.8) is 0 Å². The Morgan fingerprint density at radius 2 is 1.47 bits per heavy atom. The summed E-state index contributed by atoms with van der Waals surface area (Å²) in [6.45, 7) is 4.26. The summed E-state index contributed by atoms with van der Waals surface area (Å²) >= 11 is 3.30. The maximum absolute atomic E-state index is 13.4. The summed E-state index contributed by atoms with van der Waals surface area (Å²) in [6.07, 6.45) is 0. The maximum atomic E-state index is 13.4. The van der Waals surface area contributed by atoms with Gasteiger partial charge in [0, 0.05) is 36.3 Å². The largest absolute Gasteiger partial charge is 0.368 e. The van der Waals surface area contributed by atoms with Crippen molar-refractivity contribution in [3.05, 3.63) is 93.3 Å². The third kappa shape index (κ3) is 4.35. The normalized spacial score (nSPS) is 14.4. The molecule has 5 rings (SSSR count). The Bertz CT molecular complexity index is 1600. The third-order valence-corrected chi connectivity index (χ3v) is 8.76. The molecule has 0 radical (unpaired) electrons. The zero-order chi connectivity index (χ0) is 25.4. The van der Waals surface area contributed by atoms with E-state index in [-0.39, 0.29) is 22.9 Å². The first kappa shape index (κ1) is 24.3. The number of hydrogen-bond acceptors (Lipinski definition) is 5. The summed E-state index contributed by atoms with van der Waals surface area (Å²) in [7, 11) is -4.16. The molecule has 8 nitrogen and oxygen atoms in total. The van der Waals surface area contributed by atoms with Crippen molar-refractivity contribution >= 4 is 48.6 Å². The Labute approximate surface area is 217 Å². The van der Waals surface area contributed by atoms with Gasteiger partial charge in [-0.2, -0.15) is 3.97 Å². The van der Waals surface area contributed by atoms with Gasteiger partial charge in [-0.25, -0.2) is 13.2 Å². The van der Waals surface area contributed by atoms with Crippen LogP contribution in [0.1, 0.15) is 5.56 Å². The van der Waals surface area contributed by atoms with E-state index < -0.39 is 15.7 Å². The Kier molecular flexibility index (Phi) is 6.48. The summed E-state index contributed by atoms with van der Waals surface area (Å²) in [5.74, 6) is -0.217. The highest BCUT2D eigenvalue weighted by Crippen LogP contribution is 2.23. The standard InChI is InChI=1S/C26H25BrN4O4S/c1-19-6-2-3-7-22(19)28-14-16-29(17-15-28)25(32)18-30-23-8-4-5-9-24(23)31(26(30)33)36(34,35)21-12-10-20(27)11-13-21/h2-13H,14-18H2,1H3. The van der Waals surface area contributed by atoms with Crippen LogP contribution < -0.4 is 10.6 Å². The van der Waals surface area contributed by atoms with Crippen LogP contribution in [0.2, 0.25) is 0 Å². The number of imidazole rings is 1. The highest BCUT2D eigenvalue weighted by Gasteiger charge is 2.28. The molecule has 0 bridgehead atoms. The second kappa shape index (κ2) is 9.59. The van der Waals surface area contributed by atoms with Crippen molar-refractivity contribution in [2.45, 2.75) is 18.4 Å². The van der Waals surface area contributed by atoms with Crippen LogP contribution in [-0.4, -0.2) is 53.9 Å². The molecule has 10 heteroatoms. The Hall–Kier alpha value is -3.37. The summed E-state index contributed by atoms with van der Waals surface area (Å²) in [5, 5.41) is 0. The zero-order valence-electron chi connectivity index (χ0n) is 19.7. The van der Waals surface area contributed by atoms with Crippen LogP contribution >= 0.6 is 15.9 Å². The number of aryl methyl sites for hydroxylation is 1. The number of aromatic nitrogens is 2. The first-order valence-electron chi connectivity index (χ1n) is 11.6. The predicted octanol–water partition coefficient (Wildman–Crippen LogP) is 3.46. The number of carbonyl (C=O) groups is 1. The van der Waals surface area contributed by atoms with Crippen LogP contribution in [0.5, 0.6) is 0 Å². The predicted molar refractivity (Wildman–Crippen MR) is 143 cm³/mol. The number of fused-ring (bicyclic) bond motifs is 1. The van der Waals surface area contributed by atoms with Gasteiger partial charge in [-0.3, -0.25) is 9.36 Å². The number of amides is 1. The van der Waals surface area contributed by atoms with Crippen LogP contribution in [-0.2, 0) is 21.4 Å². The molecule has 0 aliphatic carbocycles. The van der Waals surface area contributed by atoms with E-state index in [4.69, 9.17) is 0 Å². The summed E-state index contributed by atoms with van der Waals surface area (Å²) in [4.78, 5) is 30.6. The first-order valence-corrected chi connectivity index (χ1v) is 13.8. The van der Waals surface area contributed by atoms with E-state index in [1.54, 1.807) is 41.3 Å². The van der Waals surface area contributed by atoms with Gasteiger partial charge in [0.05, 0.1) is 15.9 Å². The van der Waals surface area contributed by atoms with Crippen molar-refractivity contribution in [2.24, 2.45) is 0 Å². The van der Waals surface area contributed by atoms with Gasteiger partial charge < -0.3 is 9.80 Å². The Morgan fingerprint density at radius 1 is 0.861 bits per heavy atom. The molecule has 1 fully saturated rings. The number of rotatable bonds is 5. The number of anilines is 1. The van der Waals surface area contributed by atoms with Crippen LogP contribution in [0.25, 0.3) is 11.0 Å². The van der Waals surface area contributed by atoms with E-state index in [0.717, 1.165) is 14.1 Å². The van der Waals surface area contributed by atoms with Gasteiger partial charge in [-0.05, 0) is 55.0 Å². The Morgan fingerprint density at radius 3 is 2.14 bits per heavy atom. The Balaban J connectivity index is 1.42. The van der Waals surface area contributed by atoms with E-state index in [1.807, 2.05) is 12.1 Å². The van der Waals surface area contributed by atoms with Crippen LogP contribution in [0.3, 0.4) is 0 Å². The summed E-state index contributed by atoms with van der Waals surface area (Å²) in [6, 6.07) is 20.9. The summed E-state index contributed by atoms with van der Waals surface area (Å²) in [5.41, 5.74) is 2.22. The van der Waals surface area contributed by atoms with Gasteiger partial charge >= 0.3 is 5.69 Å². The van der Waals surface area contributed by atoms with Gasteiger partial charge in [0.1, 0.15) is 6.54 Å². The van der Waals surface area contributed by atoms with E-state index in [0.29, 0.717) is 31.7 Å². The molecule has 1 aliphatic rings. The van der Waals surface area contributed by atoms with Crippen molar-refractivity contribution < 1.29 is 13.2 Å². The molecule has 36 heavy (non-hydrogen) atoms. The maximum Gasteiger partial charge on any atom is 0.343 e. The monoisotopic (exact) mass is 568 g/mol. The molecule has 186 valence electrons. The highest BCUT2D eigenvalue weighted by atomic mass is 79.9. The number of piperazine rings is 1. The van der Waals surface area contributed by atoms with Crippen LogP contribution in [0.4, 0.5) is 5.69 Å². The van der Waals surface area contributed by atoms with E-state index in [2.05, 4.69) is 39.9 Å². The minimum atomic E-state index is -4.16. The molecule has 0 atom stereocenters. The molecule has 4 aromatic rings. The van der Waals surface area contributed by atoms with Gasteiger partial charge in [0.2, 0.25) is 5.91 Å². The molecule has 1 aliphatic heterocycles. The fourth-order valence-electron chi connectivity index (χ4n) is 4.63. The lowest BCUT2D eigenvalue weighted by molar-refractivity contribution is -0.132. The smallest absolute Gasteiger partial charge is 0.343 e. The van der Waals surface area contributed by atoms with Gasteiger partial charge in [-0.1, -0.05) is 46.3 Å². The molecule has 0 spiro atoms. The fourth-order valence-corrected chi connectivity index (χ4v) is 6.30. The highest BCUT2D eigenvalue weighted by molar-refractivity contribution is 9.10. The molecule has 1 saturated heterocycles. The molecule has 1 amide bonds. The van der Waals surface area contributed by atoms with Crippen molar-refractivity contribution in [1.82, 2.24) is 13.4 Å². The molecule has 2 heterocycles. The lowest BCUT2D eigenvalue weighted by Crippen LogP contribution is -2.50. The number of halogens is 1. The topological polar surface area (TPSA) is 84.6 Å². The average molecular weight is 569 g/mol. The number of carbonyl (C=O) groups excluding carboxylic acids is 1. The molecule has 3 aromatic carbocycles. The molecule has 0 saturated carbocycles. The second-order valence-electron chi connectivity index (χ2n) is 8.74. The zero-order valence-corrected chi connectivity index (χ0v) is 22.1. The van der Waals surface area contributed by atoms with E-state index in [9.17, 15) is 18.0 Å². The molecular formula is C26H25BrN4O4S. The minimum absolute atomic E-state index is 0.00523. The third-order valence-electron chi connectivity index (χ3n) is 6.53. The SMILES string of the molecule is Cc1ccccc1N1CCN(C(=O)Cn2c(=O)n(S(=O)(=O)c3ccc(Br)cc3)c3ccccc32)CC1. The van der Waals surface area contributed by atoms with E-state index in [1.165, 1.54) is 22.3 Å². The number of para-hydroxylation sites is 3. The fraction of sp³-hybridized carbons (Fsp3) is 0.231. The summed E-state index contributed by atoms with van der Waals surface area (Å²) < 4.78 is 29.6. The van der Waals surface area contributed by atoms with Gasteiger partial charge in [-0.15, -0.1) is 0 Å². The second-order valence-corrected chi connectivity index (χ2v) is 11.4. The molecule has 0 N–H and O–H groups in total. The van der Waals surface area contributed by atoms with Crippen LogP contribution in [0, 0.1) is 6.92 Å². The average Bonchev–Trinajstić information content (AvgIpc) is 3.16. The molecular weight excluding hydrogens is 544 g/mol. The van der Waals surface area contributed by atoms with E-state index >= 15 is 0 Å². The van der Waals surface area contributed by atoms with Gasteiger partial charge in [0.15, 0.2) is 0 Å². The quantitative estimate of drug-likeness (QED) is 0.368. The van der Waals surface area contributed by atoms with Crippen molar-refractivity contribution in [2.75, 3.05) is 31.1 Å². The number of nitrogens with zero attached hydrogens (tertiary/aromatic N) is 4. The van der Waals surface area contributed by atoms with Crippen LogP contribution in [0.15, 0.2) is 87.0 Å². The number of benzene rings is 3. The molecule has 1 aromatic heterocycles. The first-order chi connectivity index (χ1) is 17.3. The van der Waals surface area contributed by atoms with Crippen molar-refractivity contribution in [1.29, 1.82) is 0 Å². The lowest BCUT2D eigenvalue weighted by atomic mass is 10.1. The minimum Gasteiger partial charge on any atom is -0.368 e. The molecule has 0 unspecified atom stereocenters.